The molecule has 1 saturated heterocycles. The SMILES string of the molecule is CC1CCCCN1CCNC(=O)c1ccc(-c2cccs2)nc1. The van der Waals surface area contributed by atoms with Crippen LogP contribution in [0.25, 0.3) is 10.6 Å². The third-order valence-corrected chi connectivity index (χ3v) is 5.32. The maximum Gasteiger partial charge on any atom is 0.252 e. The van der Waals surface area contributed by atoms with E-state index in [1.165, 1.54) is 19.3 Å². The van der Waals surface area contributed by atoms with Crippen molar-refractivity contribution in [3.8, 4) is 10.6 Å². The Balaban J connectivity index is 1.50. The van der Waals surface area contributed by atoms with E-state index in [-0.39, 0.29) is 5.91 Å². The van der Waals surface area contributed by atoms with Gasteiger partial charge in [0.1, 0.15) is 0 Å². The van der Waals surface area contributed by atoms with Crippen LogP contribution in [-0.4, -0.2) is 41.5 Å². The zero-order valence-electron chi connectivity index (χ0n) is 13.5. The Bertz CT molecular complexity index is 624. The first-order chi connectivity index (χ1) is 11.2. The minimum absolute atomic E-state index is 0.0418. The van der Waals surface area contributed by atoms with Crippen molar-refractivity contribution in [2.45, 2.75) is 32.2 Å². The van der Waals surface area contributed by atoms with Gasteiger partial charge >= 0.3 is 0 Å². The minimum atomic E-state index is -0.0418. The fourth-order valence-electron chi connectivity index (χ4n) is 3.00. The van der Waals surface area contributed by atoms with Crippen LogP contribution in [0.1, 0.15) is 36.5 Å². The second-order valence-corrected chi connectivity index (χ2v) is 6.99. The highest BCUT2D eigenvalue weighted by atomic mass is 32.1. The maximum absolute atomic E-state index is 12.2. The van der Waals surface area contributed by atoms with Gasteiger partial charge in [-0.25, -0.2) is 0 Å². The van der Waals surface area contributed by atoms with Crippen molar-refractivity contribution in [2.75, 3.05) is 19.6 Å². The summed E-state index contributed by atoms with van der Waals surface area (Å²) >= 11 is 1.65. The van der Waals surface area contributed by atoms with E-state index in [0.29, 0.717) is 18.2 Å². The summed E-state index contributed by atoms with van der Waals surface area (Å²) in [6.45, 7) is 5.03. The molecule has 0 spiro atoms. The van der Waals surface area contributed by atoms with E-state index in [1.54, 1.807) is 17.5 Å². The van der Waals surface area contributed by atoms with Gasteiger partial charge in [-0.1, -0.05) is 12.5 Å². The molecule has 1 N–H and O–H groups in total. The van der Waals surface area contributed by atoms with Crippen molar-refractivity contribution in [2.24, 2.45) is 0 Å². The van der Waals surface area contributed by atoms with E-state index in [2.05, 4.69) is 22.1 Å². The molecular formula is C18H23N3OS. The third-order valence-electron chi connectivity index (χ3n) is 4.42. The summed E-state index contributed by atoms with van der Waals surface area (Å²) in [5.74, 6) is -0.0418. The third kappa shape index (κ3) is 4.18. The van der Waals surface area contributed by atoms with Crippen molar-refractivity contribution >= 4 is 17.2 Å². The highest BCUT2D eigenvalue weighted by molar-refractivity contribution is 7.13. The predicted molar refractivity (Wildman–Crippen MR) is 94.8 cm³/mol. The van der Waals surface area contributed by atoms with Crippen LogP contribution in [-0.2, 0) is 0 Å². The number of nitrogens with zero attached hydrogens (tertiary/aromatic N) is 2. The molecule has 0 bridgehead atoms. The number of rotatable bonds is 5. The number of hydrogen-bond acceptors (Lipinski definition) is 4. The summed E-state index contributed by atoms with van der Waals surface area (Å²) in [6, 6.07) is 8.43. The molecule has 1 aliphatic heterocycles. The van der Waals surface area contributed by atoms with E-state index >= 15 is 0 Å². The van der Waals surface area contributed by atoms with Gasteiger partial charge in [-0.15, -0.1) is 11.3 Å². The standard InChI is InChI=1S/C18H23N3OS/c1-14-5-2-3-10-21(14)11-9-19-18(22)15-7-8-16(20-13-15)17-6-4-12-23-17/h4,6-8,12-14H,2-3,5,9-11H2,1H3,(H,19,22). The van der Waals surface area contributed by atoms with Crippen LogP contribution in [0, 0.1) is 0 Å². The largest absolute Gasteiger partial charge is 0.351 e. The Morgan fingerprint density at radius 3 is 3.00 bits per heavy atom. The zero-order chi connectivity index (χ0) is 16.1. The molecular weight excluding hydrogens is 306 g/mol. The van der Waals surface area contributed by atoms with Gasteiger partial charge < -0.3 is 5.32 Å². The molecule has 1 unspecified atom stereocenters. The normalized spacial score (nSPS) is 18.7. The van der Waals surface area contributed by atoms with Gasteiger partial charge in [-0.3, -0.25) is 14.7 Å². The van der Waals surface area contributed by atoms with Crippen LogP contribution in [0.3, 0.4) is 0 Å². The summed E-state index contributed by atoms with van der Waals surface area (Å²) < 4.78 is 0. The van der Waals surface area contributed by atoms with Crippen LogP contribution in [0.15, 0.2) is 35.8 Å². The fraction of sp³-hybridized carbons (Fsp3) is 0.444. The van der Waals surface area contributed by atoms with Crippen LogP contribution in [0.5, 0.6) is 0 Å². The first kappa shape index (κ1) is 16.1. The Morgan fingerprint density at radius 2 is 2.30 bits per heavy atom. The van der Waals surface area contributed by atoms with Crippen molar-refractivity contribution in [1.82, 2.24) is 15.2 Å². The molecule has 0 aliphatic carbocycles. The summed E-state index contributed by atoms with van der Waals surface area (Å²) in [5.41, 5.74) is 1.54. The van der Waals surface area contributed by atoms with Crippen molar-refractivity contribution in [3.05, 3.63) is 41.4 Å². The zero-order valence-corrected chi connectivity index (χ0v) is 14.3. The summed E-state index contributed by atoms with van der Waals surface area (Å²) in [5, 5.41) is 5.03. The molecule has 2 aromatic rings. The molecule has 23 heavy (non-hydrogen) atoms. The van der Waals surface area contributed by atoms with Crippen LogP contribution < -0.4 is 5.32 Å². The fourth-order valence-corrected chi connectivity index (χ4v) is 3.71. The number of nitrogens with one attached hydrogen (secondary N) is 1. The van der Waals surface area contributed by atoms with Gasteiger partial charge in [0.25, 0.3) is 5.91 Å². The predicted octanol–water partition coefficient (Wildman–Crippen LogP) is 3.41. The molecule has 5 heteroatoms. The highest BCUT2D eigenvalue weighted by Gasteiger charge is 2.17. The molecule has 3 heterocycles. The van der Waals surface area contributed by atoms with Crippen molar-refractivity contribution in [3.63, 3.8) is 0 Å². The number of likely N-dealkylation sites (tertiary alicyclic amines) is 1. The first-order valence-corrected chi connectivity index (χ1v) is 9.14. The smallest absolute Gasteiger partial charge is 0.252 e. The molecule has 122 valence electrons. The molecule has 1 fully saturated rings. The Morgan fingerprint density at radius 1 is 1.39 bits per heavy atom. The van der Waals surface area contributed by atoms with Gasteiger partial charge in [-0.2, -0.15) is 0 Å². The number of carbonyl (C=O) groups is 1. The lowest BCUT2D eigenvalue weighted by atomic mass is 10.0. The van der Waals surface area contributed by atoms with Crippen LogP contribution in [0.2, 0.25) is 0 Å². The van der Waals surface area contributed by atoms with E-state index < -0.39 is 0 Å². The monoisotopic (exact) mass is 329 g/mol. The van der Waals surface area contributed by atoms with Crippen LogP contribution in [0.4, 0.5) is 0 Å². The van der Waals surface area contributed by atoms with Crippen LogP contribution >= 0.6 is 11.3 Å². The number of amides is 1. The molecule has 1 aliphatic rings. The van der Waals surface area contributed by atoms with E-state index in [0.717, 1.165) is 23.7 Å². The summed E-state index contributed by atoms with van der Waals surface area (Å²) in [6.07, 6.45) is 5.52. The number of thiophene rings is 1. The van der Waals surface area contributed by atoms with Crippen molar-refractivity contribution < 1.29 is 4.79 Å². The topological polar surface area (TPSA) is 45.2 Å². The van der Waals surface area contributed by atoms with Gasteiger partial charge in [0, 0.05) is 25.3 Å². The quantitative estimate of drug-likeness (QED) is 0.914. The minimum Gasteiger partial charge on any atom is -0.351 e. The Labute approximate surface area is 141 Å². The van der Waals surface area contributed by atoms with Crippen molar-refractivity contribution in [1.29, 1.82) is 0 Å². The average molecular weight is 329 g/mol. The number of hydrogen-bond donors (Lipinski definition) is 1. The maximum atomic E-state index is 12.2. The van der Waals surface area contributed by atoms with Gasteiger partial charge in [0.2, 0.25) is 0 Å². The lowest BCUT2D eigenvalue weighted by molar-refractivity contribution is 0.0938. The Kier molecular flexibility index (Phi) is 5.41. The number of piperidine rings is 1. The Hall–Kier alpha value is -1.72. The van der Waals surface area contributed by atoms with E-state index in [9.17, 15) is 4.79 Å². The molecule has 3 rings (SSSR count). The van der Waals surface area contributed by atoms with Gasteiger partial charge in [-0.05, 0) is 49.9 Å². The first-order valence-electron chi connectivity index (χ1n) is 8.26. The molecule has 0 aromatic carbocycles. The molecule has 0 saturated carbocycles. The summed E-state index contributed by atoms with van der Waals surface area (Å²) in [7, 11) is 0. The molecule has 0 radical (unpaired) electrons. The molecule has 1 atom stereocenters. The second-order valence-electron chi connectivity index (χ2n) is 6.05. The van der Waals surface area contributed by atoms with Gasteiger partial charge in [0.05, 0.1) is 16.1 Å². The number of carbonyl (C=O) groups excluding carboxylic acids is 1. The van der Waals surface area contributed by atoms with E-state index in [4.69, 9.17) is 0 Å². The molecule has 1 amide bonds. The average Bonchev–Trinajstić information content (AvgIpc) is 3.11. The lowest BCUT2D eigenvalue weighted by Gasteiger charge is -2.33. The van der Waals surface area contributed by atoms with E-state index in [1.807, 2.05) is 29.6 Å². The molecule has 2 aromatic heterocycles. The molecule has 4 nitrogen and oxygen atoms in total. The second kappa shape index (κ2) is 7.70. The summed E-state index contributed by atoms with van der Waals surface area (Å²) in [4.78, 5) is 20.2. The van der Waals surface area contributed by atoms with Gasteiger partial charge in [0.15, 0.2) is 0 Å². The highest BCUT2D eigenvalue weighted by Crippen LogP contribution is 2.22. The number of pyridine rings is 1. The lowest BCUT2D eigenvalue weighted by Crippen LogP contribution is -2.42. The number of aromatic nitrogens is 1.